The van der Waals surface area contributed by atoms with Crippen LogP contribution in [0, 0.1) is 5.82 Å². The van der Waals surface area contributed by atoms with E-state index >= 15 is 0 Å². The molecule has 0 heterocycles. The van der Waals surface area contributed by atoms with Crippen LogP contribution in [0.3, 0.4) is 0 Å². The molecule has 0 saturated heterocycles. The highest BCUT2D eigenvalue weighted by Crippen LogP contribution is 2.40. The van der Waals surface area contributed by atoms with Crippen molar-refractivity contribution in [2.75, 3.05) is 27.2 Å². The van der Waals surface area contributed by atoms with Gasteiger partial charge in [0.2, 0.25) is 5.91 Å². The van der Waals surface area contributed by atoms with E-state index in [1.165, 1.54) is 25.0 Å². The van der Waals surface area contributed by atoms with Crippen molar-refractivity contribution in [3.8, 4) is 0 Å². The van der Waals surface area contributed by atoms with Crippen LogP contribution < -0.4 is 5.32 Å². The van der Waals surface area contributed by atoms with Gasteiger partial charge in [0.15, 0.2) is 0 Å². The molecule has 1 aromatic rings. The first-order valence-electron chi connectivity index (χ1n) is 9.46. The summed E-state index contributed by atoms with van der Waals surface area (Å²) in [5, 5.41) is 3.99. The van der Waals surface area contributed by atoms with Gasteiger partial charge in [0.1, 0.15) is 5.82 Å². The molecule has 1 aliphatic carbocycles. The van der Waals surface area contributed by atoms with Gasteiger partial charge >= 0.3 is 0 Å². The lowest BCUT2D eigenvalue weighted by Crippen LogP contribution is -2.35. The van der Waals surface area contributed by atoms with Gasteiger partial charge in [0, 0.05) is 21.9 Å². The van der Waals surface area contributed by atoms with E-state index in [1.807, 2.05) is 44.9 Å². The van der Waals surface area contributed by atoms with Crippen LogP contribution in [0.4, 0.5) is 4.39 Å². The number of hydrogen-bond acceptors (Lipinski definition) is 4. The number of rotatable bonds is 9. The summed E-state index contributed by atoms with van der Waals surface area (Å²) in [6.07, 6.45) is 5.76. The van der Waals surface area contributed by atoms with Gasteiger partial charge in [-0.1, -0.05) is 12.8 Å². The number of thioether (sulfide) groups is 2. The molecule has 2 rings (SSSR count). The Balaban J connectivity index is 1.82. The maximum atomic E-state index is 13.1. The molecule has 0 radical (unpaired) electrons. The largest absolute Gasteiger partial charge is 0.355 e. The predicted octanol–water partition coefficient (Wildman–Crippen LogP) is 4.42. The van der Waals surface area contributed by atoms with Crippen molar-refractivity contribution in [2.24, 2.45) is 0 Å². The van der Waals surface area contributed by atoms with Crippen LogP contribution in [0.15, 0.2) is 29.2 Å². The first-order valence-corrected chi connectivity index (χ1v) is 11.3. The lowest BCUT2D eigenvalue weighted by molar-refractivity contribution is -0.120. The fraction of sp³-hybridized carbons (Fsp3) is 0.650. The SMILES string of the molecule is CC(SC1CCCCC1Sc1ccc(F)cc1)C(=O)NCCCN(C)C. The van der Waals surface area contributed by atoms with Crippen LogP contribution >= 0.6 is 23.5 Å². The Morgan fingerprint density at radius 3 is 2.54 bits per heavy atom. The maximum Gasteiger partial charge on any atom is 0.232 e. The number of amides is 1. The zero-order valence-corrected chi connectivity index (χ0v) is 17.7. The van der Waals surface area contributed by atoms with Crippen LogP contribution in [-0.2, 0) is 4.79 Å². The molecule has 3 unspecified atom stereocenters. The minimum absolute atomic E-state index is 0.0335. The first-order chi connectivity index (χ1) is 12.5. The molecule has 0 aromatic heterocycles. The van der Waals surface area contributed by atoms with E-state index in [2.05, 4.69) is 10.2 Å². The number of nitrogens with one attached hydrogen (secondary N) is 1. The summed E-state index contributed by atoms with van der Waals surface area (Å²) in [7, 11) is 4.09. The van der Waals surface area contributed by atoms with Crippen molar-refractivity contribution < 1.29 is 9.18 Å². The maximum absolute atomic E-state index is 13.1. The van der Waals surface area contributed by atoms with Crippen molar-refractivity contribution in [3.05, 3.63) is 30.1 Å². The predicted molar refractivity (Wildman–Crippen MR) is 112 cm³/mol. The monoisotopic (exact) mass is 398 g/mol. The number of benzene rings is 1. The molecule has 1 amide bonds. The third kappa shape index (κ3) is 7.49. The molecule has 1 aromatic carbocycles. The topological polar surface area (TPSA) is 32.3 Å². The number of carbonyl (C=O) groups is 1. The standard InChI is InChI=1S/C20H31FN2OS2/c1-15(20(24)22-13-6-14-23(2)3)25-18-7-4-5-8-19(18)26-17-11-9-16(21)10-12-17/h9-12,15,18-19H,4-8,13-14H2,1-3H3,(H,22,24). The molecule has 0 aliphatic heterocycles. The minimum Gasteiger partial charge on any atom is -0.355 e. The molecule has 0 bridgehead atoms. The van der Waals surface area contributed by atoms with Gasteiger partial charge in [-0.2, -0.15) is 0 Å². The number of nitrogens with zero attached hydrogens (tertiary/aromatic N) is 1. The lowest BCUT2D eigenvalue weighted by atomic mass is 10.00. The van der Waals surface area contributed by atoms with E-state index in [0.29, 0.717) is 10.5 Å². The van der Waals surface area contributed by atoms with Gasteiger partial charge in [-0.05, 0) is 71.1 Å². The zero-order chi connectivity index (χ0) is 18.9. The normalized spacial score (nSPS) is 21.6. The van der Waals surface area contributed by atoms with E-state index in [-0.39, 0.29) is 17.0 Å². The van der Waals surface area contributed by atoms with Crippen LogP contribution in [0.2, 0.25) is 0 Å². The molecule has 146 valence electrons. The average molecular weight is 399 g/mol. The van der Waals surface area contributed by atoms with Crippen molar-refractivity contribution in [3.63, 3.8) is 0 Å². The second kappa shape index (κ2) is 11.2. The highest BCUT2D eigenvalue weighted by molar-refractivity contribution is 8.04. The molecule has 3 atom stereocenters. The number of carbonyl (C=O) groups excluding carboxylic acids is 1. The molecule has 1 N–H and O–H groups in total. The highest BCUT2D eigenvalue weighted by Gasteiger charge is 2.29. The van der Waals surface area contributed by atoms with E-state index in [0.717, 1.165) is 37.2 Å². The van der Waals surface area contributed by atoms with E-state index in [4.69, 9.17) is 0 Å². The molecular weight excluding hydrogens is 367 g/mol. The van der Waals surface area contributed by atoms with Gasteiger partial charge in [-0.15, -0.1) is 23.5 Å². The van der Waals surface area contributed by atoms with Gasteiger partial charge in [-0.25, -0.2) is 4.39 Å². The van der Waals surface area contributed by atoms with Crippen LogP contribution in [-0.4, -0.2) is 53.7 Å². The molecule has 0 spiro atoms. The summed E-state index contributed by atoms with van der Waals surface area (Å²) < 4.78 is 13.1. The van der Waals surface area contributed by atoms with Crippen molar-refractivity contribution >= 4 is 29.4 Å². The molecular formula is C20H31FN2OS2. The van der Waals surface area contributed by atoms with E-state index in [1.54, 1.807) is 11.8 Å². The second-order valence-corrected chi connectivity index (χ2v) is 10.1. The Labute approximate surface area is 165 Å². The number of hydrogen-bond donors (Lipinski definition) is 1. The highest BCUT2D eigenvalue weighted by atomic mass is 32.2. The third-order valence-corrected chi connectivity index (χ3v) is 7.69. The van der Waals surface area contributed by atoms with Crippen molar-refractivity contribution in [1.29, 1.82) is 0 Å². The Kier molecular flexibility index (Phi) is 9.29. The van der Waals surface area contributed by atoms with Crippen LogP contribution in [0.25, 0.3) is 0 Å². The Morgan fingerprint density at radius 1 is 1.23 bits per heavy atom. The average Bonchev–Trinajstić information content (AvgIpc) is 2.62. The first kappa shape index (κ1) is 21.6. The molecule has 3 nitrogen and oxygen atoms in total. The minimum atomic E-state index is -0.191. The van der Waals surface area contributed by atoms with Gasteiger partial charge in [0.05, 0.1) is 5.25 Å². The zero-order valence-electron chi connectivity index (χ0n) is 16.0. The molecule has 1 fully saturated rings. The Morgan fingerprint density at radius 2 is 1.88 bits per heavy atom. The summed E-state index contributed by atoms with van der Waals surface area (Å²) >= 11 is 3.64. The fourth-order valence-corrected chi connectivity index (χ4v) is 6.04. The number of halogens is 1. The van der Waals surface area contributed by atoms with Crippen molar-refractivity contribution in [2.45, 2.75) is 59.7 Å². The van der Waals surface area contributed by atoms with Crippen LogP contribution in [0.5, 0.6) is 0 Å². The third-order valence-electron chi connectivity index (χ3n) is 4.57. The molecule has 1 aliphatic rings. The Bertz CT molecular complexity index is 553. The van der Waals surface area contributed by atoms with Gasteiger partial charge in [0.25, 0.3) is 0 Å². The lowest BCUT2D eigenvalue weighted by Gasteiger charge is -2.32. The molecule has 26 heavy (non-hydrogen) atoms. The fourth-order valence-electron chi connectivity index (χ4n) is 3.12. The molecule has 1 saturated carbocycles. The molecule has 6 heteroatoms. The summed E-state index contributed by atoms with van der Waals surface area (Å²) in [5.74, 6) is -0.0478. The summed E-state index contributed by atoms with van der Waals surface area (Å²) in [6, 6.07) is 6.77. The van der Waals surface area contributed by atoms with E-state index in [9.17, 15) is 9.18 Å². The van der Waals surface area contributed by atoms with E-state index < -0.39 is 0 Å². The summed E-state index contributed by atoms with van der Waals surface area (Å²) in [6.45, 7) is 3.74. The Hall–Kier alpha value is -0.720. The van der Waals surface area contributed by atoms with Crippen molar-refractivity contribution in [1.82, 2.24) is 10.2 Å². The quantitative estimate of drug-likeness (QED) is 0.624. The summed E-state index contributed by atoms with van der Waals surface area (Å²) in [4.78, 5) is 15.6. The van der Waals surface area contributed by atoms with Gasteiger partial charge in [-0.3, -0.25) is 4.79 Å². The second-order valence-electron chi connectivity index (χ2n) is 7.16. The van der Waals surface area contributed by atoms with Gasteiger partial charge < -0.3 is 10.2 Å². The smallest absolute Gasteiger partial charge is 0.232 e. The van der Waals surface area contributed by atoms with Crippen LogP contribution in [0.1, 0.15) is 39.0 Å². The summed E-state index contributed by atoms with van der Waals surface area (Å²) in [5.41, 5.74) is 0.